The van der Waals surface area contributed by atoms with Crippen molar-refractivity contribution in [3.05, 3.63) is 12.2 Å². The molecule has 3 nitrogen and oxygen atoms in total. The predicted octanol–water partition coefficient (Wildman–Crippen LogP) is 1.57. The van der Waals surface area contributed by atoms with Gasteiger partial charge < -0.3 is 9.94 Å². The topological polar surface area (TPSA) is 41.8 Å². The van der Waals surface area contributed by atoms with Gasteiger partial charge in [0, 0.05) is 7.11 Å². The summed E-state index contributed by atoms with van der Waals surface area (Å²) in [5, 5.41) is 12.1. The molecule has 3 heteroatoms. The second-order valence-corrected chi connectivity index (χ2v) is 3.50. The van der Waals surface area contributed by atoms with Crippen LogP contribution in [0.3, 0.4) is 0 Å². The van der Waals surface area contributed by atoms with Crippen molar-refractivity contribution in [1.29, 1.82) is 0 Å². The van der Waals surface area contributed by atoms with Gasteiger partial charge in [-0.15, -0.1) is 0 Å². The lowest BCUT2D eigenvalue weighted by Crippen LogP contribution is -2.46. The van der Waals surface area contributed by atoms with E-state index < -0.39 is 0 Å². The molecular formula is C9H13NO2. The average Bonchev–Trinajstić information content (AvgIpc) is 2.19. The van der Waals surface area contributed by atoms with E-state index in [0.717, 1.165) is 25.0 Å². The number of nitrogens with zero attached hydrogens (tertiary/aromatic N) is 1. The number of ether oxygens (including phenoxy) is 1. The van der Waals surface area contributed by atoms with Crippen molar-refractivity contribution in [2.45, 2.75) is 24.9 Å². The highest BCUT2D eigenvalue weighted by Gasteiger charge is 2.42. The summed E-state index contributed by atoms with van der Waals surface area (Å²) in [4.78, 5) is 0. The Morgan fingerprint density at radius 3 is 3.00 bits per heavy atom. The van der Waals surface area contributed by atoms with Crippen LogP contribution in [0.25, 0.3) is 0 Å². The van der Waals surface area contributed by atoms with Crippen LogP contribution in [0.5, 0.6) is 0 Å². The summed E-state index contributed by atoms with van der Waals surface area (Å²) in [6.07, 6.45) is 7.13. The quantitative estimate of drug-likeness (QED) is 0.366. The number of hydrogen-bond donors (Lipinski definition) is 1. The van der Waals surface area contributed by atoms with E-state index in [1.807, 2.05) is 6.08 Å². The molecule has 0 spiro atoms. The largest absolute Gasteiger partial charge is 0.411 e. The minimum atomic E-state index is -0.385. The lowest BCUT2D eigenvalue weighted by molar-refractivity contribution is 0.0574. The van der Waals surface area contributed by atoms with Gasteiger partial charge in [0.2, 0.25) is 0 Å². The molecule has 0 aromatic rings. The molecule has 0 radical (unpaired) electrons. The number of hydrogen-bond acceptors (Lipinski definition) is 3. The molecule has 12 heavy (non-hydrogen) atoms. The zero-order valence-corrected chi connectivity index (χ0v) is 7.16. The molecule has 0 saturated heterocycles. The fraction of sp³-hybridized carbons (Fsp3) is 0.667. The van der Waals surface area contributed by atoms with Gasteiger partial charge in [-0.05, 0) is 25.2 Å². The predicted molar refractivity (Wildman–Crippen MR) is 45.4 cm³/mol. The van der Waals surface area contributed by atoms with E-state index in [-0.39, 0.29) is 5.60 Å². The van der Waals surface area contributed by atoms with E-state index >= 15 is 0 Å². The molecule has 1 N–H and O–H groups in total. The Labute approximate surface area is 71.7 Å². The van der Waals surface area contributed by atoms with Crippen molar-refractivity contribution < 1.29 is 9.94 Å². The molecule has 1 saturated carbocycles. The highest BCUT2D eigenvalue weighted by Crippen LogP contribution is 2.39. The summed E-state index contributed by atoms with van der Waals surface area (Å²) in [6, 6.07) is 0. The first-order valence-electron chi connectivity index (χ1n) is 4.26. The molecule has 3 aliphatic rings. The van der Waals surface area contributed by atoms with Gasteiger partial charge in [-0.25, -0.2) is 0 Å². The van der Waals surface area contributed by atoms with Crippen molar-refractivity contribution in [3.63, 3.8) is 0 Å². The summed E-state index contributed by atoms with van der Waals surface area (Å²) in [5.74, 6) is 0.563. The first-order chi connectivity index (χ1) is 5.80. The number of rotatable bonds is 1. The first kappa shape index (κ1) is 7.80. The van der Waals surface area contributed by atoms with E-state index in [2.05, 4.69) is 11.2 Å². The maximum atomic E-state index is 8.78. The van der Waals surface area contributed by atoms with Crippen LogP contribution in [0.15, 0.2) is 17.3 Å². The molecular weight excluding hydrogens is 154 g/mol. The summed E-state index contributed by atoms with van der Waals surface area (Å²) in [5.41, 5.74) is 0.396. The van der Waals surface area contributed by atoms with Crippen molar-refractivity contribution in [2.24, 2.45) is 11.1 Å². The van der Waals surface area contributed by atoms with Crippen molar-refractivity contribution >= 4 is 5.71 Å². The Morgan fingerprint density at radius 1 is 1.75 bits per heavy atom. The molecule has 3 aliphatic carbocycles. The minimum Gasteiger partial charge on any atom is -0.411 e. The van der Waals surface area contributed by atoms with E-state index in [0.29, 0.717) is 5.92 Å². The van der Waals surface area contributed by atoms with E-state index in [9.17, 15) is 0 Å². The number of methoxy groups -OCH3 is 1. The summed E-state index contributed by atoms with van der Waals surface area (Å²) < 4.78 is 5.39. The van der Waals surface area contributed by atoms with Gasteiger partial charge in [0.1, 0.15) is 5.60 Å². The van der Waals surface area contributed by atoms with Crippen molar-refractivity contribution in [2.75, 3.05) is 7.11 Å². The van der Waals surface area contributed by atoms with Gasteiger partial charge in [-0.2, -0.15) is 0 Å². The van der Waals surface area contributed by atoms with Crippen LogP contribution in [0, 0.1) is 5.92 Å². The zero-order valence-electron chi connectivity index (χ0n) is 7.16. The fourth-order valence-electron chi connectivity index (χ4n) is 2.12. The Morgan fingerprint density at radius 2 is 2.58 bits per heavy atom. The van der Waals surface area contributed by atoms with E-state index in [1.165, 1.54) is 0 Å². The molecule has 3 rings (SSSR count). The standard InChI is InChI=1S/C9H13NO2/c1-12-9-4-2-7(3-5-9)6-8(9)10-11/h2,4,7,11H,3,5-6H2,1H3/b10-8-. The van der Waals surface area contributed by atoms with Gasteiger partial charge >= 0.3 is 0 Å². The molecule has 66 valence electrons. The molecule has 0 aromatic heterocycles. The van der Waals surface area contributed by atoms with Crippen LogP contribution in [-0.2, 0) is 4.74 Å². The highest BCUT2D eigenvalue weighted by molar-refractivity contribution is 5.96. The third-order valence-corrected chi connectivity index (χ3v) is 2.95. The Hall–Kier alpha value is -0.830. The number of allylic oxidation sites excluding steroid dienone is 1. The van der Waals surface area contributed by atoms with Gasteiger partial charge in [0.05, 0.1) is 5.71 Å². The SMILES string of the molecule is COC12C=CC(CC1)C/C2=N/O. The Balaban J connectivity index is 2.38. The molecule has 1 fully saturated rings. The first-order valence-corrected chi connectivity index (χ1v) is 4.26. The monoisotopic (exact) mass is 167 g/mol. The summed E-state index contributed by atoms with van der Waals surface area (Å²) >= 11 is 0. The average molecular weight is 167 g/mol. The van der Waals surface area contributed by atoms with E-state index in [4.69, 9.17) is 9.94 Å². The highest BCUT2D eigenvalue weighted by atomic mass is 16.5. The van der Waals surface area contributed by atoms with Crippen molar-refractivity contribution in [3.8, 4) is 0 Å². The number of fused-ring (bicyclic) bond motifs is 2. The molecule has 2 atom stereocenters. The van der Waals surface area contributed by atoms with Crippen LogP contribution >= 0.6 is 0 Å². The number of oxime groups is 1. The zero-order chi connectivity index (χ0) is 8.60. The second-order valence-electron chi connectivity index (χ2n) is 3.50. The van der Waals surface area contributed by atoms with Gasteiger partial charge in [0.15, 0.2) is 0 Å². The summed E-state index contributed by atoms with van der Waals surface area (Å²) in [7, 11) is 1.67. The van der Waals surface area contributed by atoms with Gasteiger partial charge in [0.25, 0.3) is 0 Å². The summed E-state index contributed by atoms with van der Waals surface area (Å²) in [6.45, 7) is 0. The molecule has 0 aromatic carbocycles. The lowest BCUT2D eigenvalue weighted by Gasteiger charge is -2.40. The molecule has 2 bridgehead atoms. The van der Waals surface area contributed by atoms with Gasteiger partial charge in [-0.3, -0.25) is 0 Å². The van der Waals surface area contributed by atoms with Crippen LogP contribution in [-0.4, -0.2) is 23.6 Å². The molecule has 0 amide bonds. The fourth-order valence-corrected chi connectivity index (χ4v) is 2.12. The smallest absolute Gasteiger partial charge is 0.127 e. The van der Waals surface area contributed by atoms with Crippen LogP contribution in [0.4, 0.5) is 0 Å². The Kier molecular flexibility index (Phi) is 1.68. The Bertz CT molecular complexity index is 247. The third kappa shape index (κ3) is 0.894. The molecule has 0 heterocycles. The third-order valence-electron chi connectivity index (χ3n) is 2.95. The molecule has 0 aliphatic heterocycles. The van der Waals surface area contributed by atoms with Crippen LogP contribution in [0.2, 0.25) is 0 Å². The van der Waals surface area contributed by atoms with Gasteiger partial charge in [-0.1, -0.05) is 17.3 Å². The second kappa shape index (κ2) is 2.59. The maximum absolute atomic E-state index is 8.78. The normalized spacial score (nSPS) is 42.4. The van der Waals surface area contributed by atoms with E-state index in [1.54, 1.807) is 7.11 Å². The lowest BCUT2D eigenvalue weighted by atomic mass is 9.71. The maximum Gasteiger partial charge on any atom is 0.127 e. The molecule has 2 unspecified atom stereocenters. The minimum absolute atomic E-state index is 0.385. The van der Waals surface area contributed by atoms with Crippen LogP contribution in [0.1, 0.15) is 19.3 Å². The van der Waals surface area contributed by atoms with Crippen LogP contribution < -0.4 is 0 Å². The van der Waals surface area contributed by atoms with Crippen molar-refractivity contribution in [1.82, 2.24) is 0 Å².